The van der Waals surface area contributed by atoms with Gasteiger partial charge in [0.2, 0.25) is 11.8 Å². The SMILES string of the molecule is CC(C)NC(=O)C(Cc1ccccc1)N(Cc1ccc(F)cc1)C(=O)CN(c1ccc(I)cc1)S(=O)(=O)c1ccccc1. The molecule has 0 heterocycles. The average molecular weight is 714 g/mol. The standard InChI is InChI=1S/C33H33FIN3O4S/c1-24(2)36-33(40)31(21-25-9-5-3-6-10-25)37(22-26-13-15-27(34)16-14-26)32(39)23-38(29-19-17-28(35)18-20-29)43(41,42)30-11-7-4-8-12-30/h3-20,24,31H,21-23H2,1-2H3,(H,36,40). The van der Waals surface area contributed by atoms with Gasteiger partial charge in [0.1, 0.15) is 18.4 Å². The fraction of sp³-hybridized carbons (Fsp3) is 0.212. The third-order valence-corrected chi connectivity index (χ3v) is 9.20. The van der Waals surface area contributed by atoms with Gasteiger partial charge in [0.25, 0.3) is 10.0 Å². The predicted octanol–water partition coefficient (Wildman–Crippen LogP) is 5.79. The highest BCUT2D eigenvalue weighted by molar-refractivity contribution is 14.1. The fourth-order valence-electron chi connectivity index (χ4n) is 4.58. The second-order valence-electron chi connectivity index (χ2n) is 10.3. The van der Waals surface area contributed by atoms with E-state index in [1.54, 1.807) is 54.6 Å². The lowest BCUT2D eigenvalue weighted by Gasteiger charge is -2.34. The largest absolute Gasteiger partial charge is 0.352 e. The molecule has 0 spiro atoms. The lowest BCUT2D eigenvalue weighted by Crippen LogP contribution is -2.54. The number of nitrogens with one attached hydrogen (secondary N) is 1. The molecule has 4 aromatic rings. The molecule has 0 aromatic heterocycles. The van der Waals surface area contributed by atoms with Crippen LogP contribution in [0.4, 0.5) is 10.1 Å². The fourth-order valence-corrected chi connectivity index (χ4v) is 6.37. The van der Waals surface area contributed by atoms with Gasteiger partial charge >= 0.3 is 0 Å². The first-order chi connectivity index (χ1) is 20.5. The van der Waals surface area contributed by atoms with E-state index in [0.29, 0.717) is 11.3 Å². The van der Waals surface area contributed by atoms with E-state index in [4.69, 9.17) is 0 Å². The number of sulfonamides is 1. The van der Waals surface area contributed by atoms with Crippen molar-refractivity contribution in [3.63, 3.8) is 0 Å². The van der Waals surface area contributed by atoms with E-state index in [0.717, 1.165) is 13.4 Å². The van der Waals surface area contributed by atoms with E-state index in [9.17, 15) is 22.4 Å². The lowest BCUT2D eigenvalue weighted by molar-refractivity contribution is -0.140. The molecule has 0 radical (unpaired) electrons. The molecular formula is C33H33FIN3O4S. The molecule has 0 aliphatic carbocycles. The zero-order chi connectivity index (χ0) is 31.0. The number of nitrogens with zero attached hydrogens (tertiary/aromatic N) is 2. The highest BCUT2D eigenvalue weighted by atomic mass is 127. The van der Waals surface area contributed by atoms with Crippen LogP contribution in [0.25, 0.3) is 0 Å². The van der Waals surface area contributed by atoms with Gasteiger partial charge in [0.15, 0.2) is 0 Å². The maximum atomic E-state index is 14.3. The van der Waals surface area contributed by atoms with E-state index in [1.165, 1.54) is 29.2 Å². The van der Waals surface area contributed by atoms with Crippen LogP contribution in [0, 0.1) is 9.39 Å². The summed E-state index contributed by atoms with van der Waals surface area (Å²) in [6.07, 6.45) is 0.196. The van der Waals surface area contributed by atoms with E-state index in [2.05, 4.69) is 27.9 Å². The number of halogens is 2. The monoisotopic (exact) mass is 713 g/mol. The summed E-state index contributed by atoms with van der Waals surface area (Å²) < 4.78 is 43.6. The Morgan fingerprint density at radius 2 is 1.40 bits per heavy atom. The molecule has 224 valence electrons. The van der Waals surface area contributed by atoms with Crippen LogP contribution in [0.15, 0.2) is 114 Å². The molecule has 0 fully saturated rings. The van der Waals surface area contributed by atoms with Crippen molar-refractivity contribution in [3.8, 4) is 0 Å². The summed E-state index contributed by atoms with van der Waals surface area (Å²) in [7, 11) is -4.16. The predicted molar refractivity (Wildman–Crippen MR) is 174 cm³/mol. The summed E-state index contributed by atoms with van der Waals surface area (Å²) in [4.78, 5) is 29.4. The van der Waals surface area contributed by atoms with E-state index >= 15 is 0 Å². The maximum absolute atomic E-state index is 14.3. The number of carbonyl (C=O) groups excluding carboxylic acids is 2. The molecule has 43 heavy (non-hydrogen) atoms. The quantitative estimate of drug-likeness (QED) is 0.189. The zero-order valence-electron chi connectivity index (χ0n) is 23.9. The van der Waals surface area contributed by atoms with E-state index in [1.807, 2.05) is 44.2 Å². The molecule has 1 N–H and O–H groups in total. The van der Waals surface area contributed by atoms with Crippen molar-refractivity contribution in [2.45, 2.75) is 43.8 Å². The number of benzene rings is 4. The van der Waals surface area contributed by atoms with Gasteiger partial charge in [-0.25, -0.2) is 12.8 Å². The highest BCUT2D eigenvalue weighted by Crippen LogP contribution is 2.26. The van der Waals surface area contributed by atoms with Crippen molar-refractivity contribution in [1.29, 1.82) is 0 Å². The molecule has 4 rings (SSSR count). The van der Waals surface area contributed by atoms with Crippen molar-refractivity contribution < 1.29 is 22.4 Å². The number of carbonyl (C=O) groups is 2. The second-order valence-corrected chi connectivity index (χ2v) is 13.4. The number of amides is 2. The molecule has 2 amide bonds. The van der Waals surface area contributed by atoms with Crippen LogP contribution in [-0.4, -0.2) is 43.8 Å². The minimum absolute atomic E-state index is 0.0322. The highest BCUT2D eigenvalue weighted by Gasteiger charge is 2.34. The molecule has 0 saturated carbocycles. The van der Waals surface area contributed by atoms with Gasteiger partial charge in [-0.15, -0.1) is 0 Å². The Kier molecular flexibility index (Phi) is 10.9. The van der Waals surface area contributed by atoms with Crippen molar-refractivity contribution in [2.24, 2.45) is 0 Å². The number of hydrogen-bond donors (Lipinski definition) is 1. The first-order valence-corrected chi connectivity index (χ1v) is 16.3. The van der Waals surface area contributed by atoms with Crippen LogP contribution in [0.3, 0.4) is 0 Å². The third kappa shape index (κ3) is 8.64. The Morgan fingerprint density at radius 3 is 1.98 bits per heavy atom. The molecule has 0 saturated heterocycles. The van der Waals surface area contributed by atoms with Gasteiger partial charge in [-0.05, 0) is 96.1 Å². The van der Waals surface area contributed by atoms with Crippen molar-refractivity contribution in [3.05, 3.63) is 130 Å². The van der Waals surface area contributed by atoms with Crippen LogP contribution in [0.5, 0.6) is 0 Å². The first-order valence-electron chi connectivity index (χ1n) is 13.8. The van der Waals surface area contributed by atoms with E-state index in [-0.39, 0.29) is 29.8 Å². The molecule has 10 heteroatoms. The Labute approximate surface area is 265 Å². The minimum atomic E-state index is -4.16. The molecule has 7 nitrogen and oxygen atoms in total. The summed E-state index contributed by atoms with van der Waals surface area (Å²) in [5, 5.41) is 2.92. The minimum Gasteiger partial charge on any atom is -0.352 e. The van der Waals surface area contributed by atoms with Gasteiger partial charge in [-0.3, -0.25) is 13.9 Å². The van der Waals surface area contributed by atoms with Crippen LogP contribution in [0.2, 0.25) is 0 Å². The summed E-state index contributed by atoms with van der Waals surface area (Å²) in [6, 6.07) is 28.5. The third-order valence-electron chi connectivity index (χ3n) is 6.69. The molecule has 1 unspecified atom stereocenters. The van der Waals surface area contributed by atoms with Gasteiger partial charge in [-0.1, -0.05) is 60.7 Å². The summed E-state index contributed by atoms with van der Waals surface area (Å²) in [6.45, 7) is 3.07. The summed E-state index contributed by atoms with van der Waals surface area (Å²) >= 11 is 2.12. The van der Waals surface area contributed by atoms with Crippen LogP contribution in [-0.2, 0) is 32.6 Å². The zero-order valence-corrected chi connectivity index (χ0v) is 26.8. The Morgan fingerprint density at radius 1 is 0.814 bits per heavy atom. The molecule has 1 atom stereocenters. The summed E-state index contributed by atoms with van der Waals surface area (Å²) in [5.74, 6) is -1.39. The molecule has 0 bridgehead atoms. The van der Waals surface area contributed by atoms with Crippen molar-refractivity contribution in [1.82, 2.24) is 10.2 Å². The average Bonchev–Trinajstić information content (AvgIpc) is 2.99. The normalized spacial score (nSPS) is 12.0. The summed E-state index contributed by atoms with van der Waals surface area (Å²) in [5.41, 5.74) is 1.73. The molecular weight excluding hydrogens is 680 g/mol. The molecule has 4 aromatic carbocycles. The Balaban J connectivity index is 1.79. The number of hydrogen-bond acceptors (Lipinski definition) is 4. The topological polar surface area (TPSA) is 86.8 Å². The van der Waals surface area contributed by atoms with E-state index < -0.39 is 34.3 Å². The second kappa shape index (κ2) is 14.6. The maximum Gasteiger partial charge on any atom is 0.264 e. The molecule has 0 aliphatic heterocycles. The van der Waals surface area contributed by atoms with Crippen LogP contribution < -0.4 is 9.62 Å². The van der Waals surface area contributed by atoms with Gasteiger partial charge in [0, 0.05) is 22.6 Å². The molecule has 0 aliphatic rings. The first kappa shape index (κ1) is 32.2. The van der Waals surface area contributed by atoms with Crippen molar-refractivity contribution >= 4 is 50.1 Å². The lowest BCUT2D eigenvalue weighted by atomic mass is 10.0. The van der Waals surface area contributed by atoms with Gasteiger partial charge < -0.3 is 10.2 Å². The Hall–Kier alpha value is -3.77. The Bertz CT molecular complexity index is 1620. The van der Waals surface area contributed by atoms with Crippen molar-refractivity contribution in [2.75, 3.05) is 10.8 Å². The van der Waals surface area contributed by atoms with Crippen LogP contribution in [0.1, 0.15) is 25.0 Å². The van der Waals surface area contributed by atoms with Crippen LogP contribution >= 0.6 is 22.6 Å². The van der Waals surface area contributed by atoms with Gasteiger partial charge in [-0.2, -0.15) is 0 Å². The smallest absolute Gasteiger partial charge is 0.264 e. The number of rotatable bonds is 12. The van der Waals surface area contributed by atoms with Gasteiger partial charge in [0.05, 0.1) is 10.6 Å². The number of anilines is 1.